The predicted molar refractivity (Wildman–Crippen MR) is 98.7 cm³/mol. The molecule has 1 saturated carbocycles. The number of rotatable bonds is 11. The van der Waals surface area contributed by atoms with E-state index in [0.717, 1.165) is 31.3 Å². The minimum Gasteiger partial charge on any atom is -0.491 e. The Morgan fingerprint density at radius 2 is 1.88 bits per heavy atom. The summed E-state index contributed by atoms with van der Waals surface area (Å²) in [5.41, 5.74) is 0.721. The third kappa shape index (κ3) is 8.87. The van der Waals surface area contributed by atoms with Crippen molar-refractivity contribution >= 4 is 5.91 Å². The van der Waals surface area contributed by atoms with Crippen LogP contribution in [-0.4, -0.2) is 32.3 Å². The van der Waals surface area contributed by atoms with Gasteiger partial charge in [0.25, 0.3) is 0 Å². The van der Waals surface area contributed by atoms with E-state index in [4.69, 9.17) is 9.47 Å². The zero-order chi connectivity index (χ0) is 18.7. The topological polar surface area (TPSA) is 47.6 Å². The highest BCUT2D eigenvalue weighted by molar-refractivity contribution is 5.78. The monoisotopic (exact) mass is 353 g/mol. The molecule has 1 amide bonds. The molecule has 0 spiro atoms. The first kappa shape index (κ1) is 21.4. The highest BCUT2D eigenvalue weighted by Crippen LogP contribution is 2.23. The number of allylic oxidation sites excluding steroid dienone is 3. The molecule has 0 unspecified atom stereocenters. The van der Waals surface area contributed by atoms with Crippen LogP contribution in [0, 0.1) is 11.8 Å². The molecular weight excluding hydrogens is 321 g/mol. The van der Waals surface area contributed by atoms with Gasteiger partial charge in [-0.2, -0.15) is 0 Å². The number of hydrogen-bond acceptors (Lipinski definition) is 3. The van der Waals surface area contributed by atoms with E-state index < -0.39 is 5.83 Å². The van der Waals surface area contributed by atoms with E-state index in [1.54, 1.807) is 0 Å². The normalized spacial score (nSPS) is 15.9. The van der Waals surface area contributed by atoms with Gasteiger partial charge in [-0.15, -0.1) is 0 Å². The fraction of sp³-hybridized carbons (Fsp3) is 0.650. The predicted octanol–water partition coefficient (Wildman–Crippen LogP) is 4.30. The highest BCUT2D eigenvalue weighted by atomic mass is 19.1. The van der Waals surface area contributed by atoms with Crippen LogP contribution in [0.1, 0.15) is 46.0 Å². The molecule has 0 heterocycles. The van der Waals surface area contributed by atoms with Gasteiger partial charge in [-0.1, -0.05) is 46.3 Å². The van der Waals surface area contributed by atoms with E-state index >= 15 is 0 Å². The van der Waals surface area contributed by atoms with E-state index in [9.17, 15) is 9.18 Å². The molecule has 0 aromatic carbocycles. The maximum atomic E-state index is 13.0. The zero-order valence-electron chi connectivity index (χ0n) is 15.6. The number of ether oxygens (including phenoxy) is 2. The third-order valence-corrected chi connectivity index (χ3v) is 4.31. The van der Waals surface area contributed by atoms with E-state index in [2.05, 4.69) is 18.5 Å². The Bertz CT molecular complexity index is 479. The second-order valence-corrected chi connectivity index (χ2v) is 6.72. The summed E-state index contributed by atoms with van der Waals surface area (Å²) in [7, 11) is 0. The van der Waals surface area contributed by atoms with Crippen molar-refractivity contribution in [2.75, 3.05) is 26.4 Å². The van der Waals surface area contributed by atoms with Gasteiger partial charge in [-0.3, -0.25) is 4.79 Å². The molecular formula is C20H32FNO3. The van der Waals surface area contributed by atoms with Crippen LogP contribution < -0.4 is 5.32 Å². The van der Waals surface area contributed by atoms with Crippen molar-refractivity contribution in [1.82, 2.24) is 5.32 Å². The molecule has 0 radical (unpaired) electrons. The summed E-state index contributed by atoms with van der Waals surface area (Å²) in [6.45, 7) is 12.6. The number of halogens is 1. The smallest absolute Gasteiger partial charge is 0.223 e. The van der Waals surface area contributed by atoms with E-state index in [0.29, 0.717) is 32.1 Å². The van der Waals surface area contributed by atoms with Crippen molar-refractivity contribution in [3.63, 3.8) is 0 Å². The fourth-order valence-electron chi connectivity index (χ4n) is 2.72. The Balaban J connectivity index is 2.16. The van der Waals surface area contributed by atoms with Crippen LogP contribution in [0.3, 0.4) is 0 Å². The molecule has 1 aliphatic rings. The molecule has 0 aromatic heterocycles. The number of amides is 1. The van der Waals surface area contributed by atoms with E-state index in [1.165, 1.54) is 12.5 Å². The average molecular weight is 353 g/mol. The van der Waals surface area contributed by atoms with Crippen LogP contribution in [0.5, 0.6) is 0 Å². The van der Waals surface area contributed by atoms with Crippen LogP contribution in [0.4, 0.5) is 4.39 Å². The summed E-state index contributed by atoms with van der Waals surface area (Å²) >= 11 is 0. The molecule has 1 aliphatic carbocycles. The first-order chi connectivity index (χ1) is 11.9. The Labute approximate surface area is 151 Å². The summed E-state index contributed by atoms with van der Waals surface area (Å²) in [6.07, 6.45) is 6.77. The number of carbonyl (C=O) groups excluding carboxylic acids is 1. The van der Waals surface area contributed by atoms with Gasteiger partial charge in [-0.05, 0) is 24.3 Å². The Kier molecular flexibility index (Phi) is 10.2. The molecule has 1 fully saturated rings. The highest BCUT2D eigenvalue weighted by Gasteiger charge is 2.20. The van der Waals surface area contributed by atoms with Gasteiger partial charge >= 0.3 is 0 Å². The minimum absolute atomic E-state index is 0.138. The summed E-state index contributed by atoms with van der Waals surface area (Å²) in [6, 6.07) is 0. The van der Waals surface area contributed by atoms with Gasteiger partial charge in [0.1, 0.15) is 18.2 Å². The lowest BCUT2D eigenvalue weighted by atomic mass is 9.89. The average Bonchev–Trinajstić information content (AvgIpc) is 2.59. The Morgan fingerprint density at radius 3 is 2.48 bits per heavy atom. The lowest BCUT2D eigenvalue weighted by Crippen LogP contribution is -2.34. The minimum atomic E-state index is -0.567. The zero-order valence-corrected chi connectivity index (χ0v) is 15.6. The lowest BCUT2D eigenvalue weighted by molar-refractivity contribution is -0.126. The fourth-order valence-corrected chi connectivity index (χ4v) is 2.72. The van der Waals surface area contributed by atoms with Crippen LogP contribution in [0.2, 0.25) is 0 Å². The molecule has 142 valence electrons. The summed E-state index contributed by atoms with van der Waals surface area (Å²) < 4.78 is 24.0. The second-order valence-electron chi connectivity index (χ2n) is 6.72. The maximum absolute atomic E-state index is 13.0. The Morgan fingerprint density at radius 1 is 1.20 bits per heavy atom. The molecule has 0 atom stereocenters. The molecule has 4 nitrogen and oxygen atoms in total. The second kappa shape index (κ2) is 11.9. The quantitative estimate of drug-likeness (QED) is 0.342. The van der Waals surface area contributed by atoms with Crippen molar-refractivity contribution in [3.05, 3.63) is 36.4 Å². The number of carbonyl (C=O) groups is 1. The van der Waals surface area contributed by atoms with Crippen LogP contribution in [-0.2, 0) is 14.3 Å². The molecule has 0 aliphatic heterocycles. The van der Waals surface area contributed by atoms with Crippen molar-refractivity contribution in [2.24, 2.45) is 11.8 Å². The van der Waals surface area contributed by atoms with Crippen molar-refractivity contribution in [2.45, 2.75) is 46.0 Å². The van der Waals surface area contributed by atoms with Crippen molar-refractivity contribution in [1.29, 1.82) is 0 Å². The van der Waals surface area contributed by atoms with E-state index in [1.807, 2.05) is 13.8 Å². The SMILES string of the molecule is C=C(F)/C=C(/OCCOCCNC(=O)C1CCCCC1)C(=C)C(C)C. The van der Waals surface area contributed by atoms with Crippen molar-refractivity contribution < 1.29 is 18.7 Å². The van der Waals surface area contributed by atoms with Crippen LogP contribution >= 0.6 is 0 Å². The molecule has 5 heteroatoms. The third-order valence-electron chi connectivity index (χ3n) is 4.31. The van der Waals surface area contributed by atoms with Crippen LogP contribution in [0.25, 0.3) is 0 Å². The molecule has 1 N–H and O–H groups in total. The Hall–Kier alpha value is -1.62. The molecule has 1 rings (SSSR count). The van der Waals surface area contributed by atoms with Gasteiger partial charge in [0.15, 0.2) is 0 Å². The number of hydrogen-bond donors (Lipinski definition) is 1. The summed E-state index contributed by atoms with van der Waals surface area (Å²) in [4.78, 5) is 12.0. The molecule has 0 bridgehead atoms. The first-order valence-corrected chi connectivity index (χ1v) is 9.15. The summed E-state index contributed by atoms with van der Waals surface area (Å²) in [5, 5.41) is 2.92. The van der Waals surface area contributed by atoms with E-state index in [-0.39, 0.29) is 17.7 Å². The largest absolute Gasteiger partial charge is 0.491 e. The standard InChI is InChI=1S/C20H32FNO3/c1-15(2)17(4)19(14-16(3)21)25-13-12-24-11-10-22-20(23)18-8-6-5-7-9-18/h14-15,18H,3-13H2,1-2H3,(H,22,23)/b19-14+. The maximum Gasteiger partial charge on any atom is 0.223 e. The van der Waals surface area contributed by atoms with Gasteiger partial charge in [0.05, 0.1) is 13.2 Å². The lowest BCUT2D eigenvalue weighted by Gasteiger charge is -2.20. The van der Waals surface area contributed by atoms with Gasteiger partial charge in [0.2, 0.25) is 5.91 Å². The molecule has 0 saturated heterocycles. The molecule has 25 heavy (non-hydrogen) atoms. The van der Waals surface area contributed by atoms with Crippen LogP contribution in [0.15, 0.2) is 36.4 Å². The van der Waals surface area contributed by atoms with Gasteiger partial charge in [-0.25, -0.2) is 4.39 Å². The summed E-state index contributed by atoms with van der Waals surface area (Å²) in [5.74, 6) is 0.293. The van der Waals surface area contributed by atoms with Crippen molar-refractivity contribution in [3.8, 4) is 0 Å². The number of nitrogens with one attached hydrogen (secondary N) is 1. The molecule has 0 aromatic rings. The first-order valence-electron chi connectivity index (χ1n) is 9.15. The van der Waals surface area contributed by atoms with Gasteiger partial charge < -0.3 is 14.8 Å². The van der Waals surface area contributed by atoms with Gasteiger partial charge in [0, 0.05) is 18.5 Å².